The number of hydrogen-bond acceptors (Lipinski definition) is 2. The number of guanidine groups is 1. The number of hydrogen-bond donors (Lipinski definition) is 4. The number of nitrogens with one attached hydrogen (secondary N) is 4. The molecule has 0 bridgehead atoms. The normalized spacial score (nSPS) is 11.6. The first-order valence-electron chi connectivity index (χ1n) is 9.09. The van der Waals surface area contributed by atoms with Crippen molar-refractivity contribution in [3.8, 4) is 0 Å². The van der Waals surface area contributed by atoms with E-state index in [9.17, 15) is 4.79 Å². The number of benzene rings is 1. The van der Waals surface area contributed by atoms with E-state index in [0.29, 0.717) is 12.5 Å². The number of carbonyl (C=O) groups excluding carboxylic acids is 1. The van der Waals surface area contributed by atoms with Crippen molar-refractivity contribution < 1.29 is 4.79 Å². The van der Waals surface area contributed by atoms with E-state index >= 15 is 0 Å². The molecule has 0 aliphatic rings. The molecular weight excluding hydrogens is 314 g/mol. The minimum Gasteiger partial charge on any atom is -0.357 e. The molecule has 140 valence electrons. The molecule has 1 aromatic carbocycles. The second kappa shape index (κ2) is 11.3. The van der Waals surface area contributed by atoms with Crippen LogP contribution in [0.25, 0.3) is 0 Å². The van der Waals surface area contributed by atoms with Crippen molar-refractivity contribution in [1.82, 2.24) is 16.0 Å². The van der Waals surface area contributed by atoms with Gasteiger partial charge >= 0.3 is 6.03 Å². The van der Waals surface area contributed by atoms with E-state index in [1.165, 1.54) is 0 Å². The Hall–Kier alpha value is -2.24. The maximum Gasteiger partial charge on any atom is 0.319 e. The van der Waals surface area contributed by atoms with Crippen LogP contribution >= 0.6 is 0 Å². The molecule has 0 aromatic heterocycles. The Morgan fingerprint density at radius 1 is 1.08 bits per heavy atom. The first kappa shape index (κ1) is 20.8. The van der Waals surface area contributed by atoms with Gasteiger partial charge in [0, 0.05) is 24.8 Å². The van der Waals surface area contributed by atoms with E-state index in [1.807, 2.05) is 38.1 Å². The van der Waals surface area contributed by atoms with Crippen molar-refractivity contribution in [2.75, 3.05) is 18.4 Å². The van der Waals surface area contributed by atoms with Gasteiger partial charge in [-0.05, 0) is 50.8 Å². The standard InChI is InChI=1S/C19H33N5O/c1-6-20-18(21-12-11-14(2)3)22-13-16-7-9-17(10-8-16)24-19(25)23-15(4)5/h7-10,14-15H,6,11-13H2,1-5H3,(H2,20,21,22)(H2,23,24,25). The summed E-state index contributed by atoms with van der Waals surface area (Å²) in [6.07, 6.45) is 1.11. The highest BCUT2D eigenvalue weighted by molar-refractivity contribution is 5.89. The first-order chi connectivity index (χ1) is 11.9. The molecule has 1 rings (SSSR count). The summed E-state index contributed by atoms with van der Waals surface area (Å²) in [5.74, 6) is 1.50. The Morgan fingerprint density at radius 2 is 1.76 bits per heavy atom. The molecule has 6 nitrogen and oxygen atoms in total. The van der Waals surface area contributed by atoms with Crippen LogP contribution in [-0.4, -0.2) is 31.1 Å². The van der Waals surface area contributed by atoms with Gasteiger partial charge < -0.3 is 21.3 Å². The van der Waals surface area contributed by atoms with Crippen molar-refractivity contribution in [1.29, 1.82) is 0 Å². The third kappa shape index (κ3) is 9.59. The molecule has 0 aliphatic heterocycles. The fourth-order valence-electron chi connectivity index (χ4n) is 2.11. The van der Waals surface area contributed by atoms with Crippen molar-refractivity contribution in [3.63, 3.8) is 0 Å². The van der Waals surface area contributed by atoms with E-state index in [-0.39, 0.29) is 12.1 Å². The molecule has 25 heavy (non-hydrogen) atoms. The molecule has 0 aliphatic carbocycles. The van der Waals surface area contributed by atoms with Gasteiger partial charge in [0.05, 0.1) is 6.54 Å². The number of nitrogens with zero attached hydrogens (tertiary/aromatic N) is 1. The van der Waals surface area contributed by atoms with Gasteiger partial charge in [-0.25, -0.2) is 9.79 Å². The van der Waals surface area contributed by atoms with Gasteiger partial charge in [-0.1, -0.05) is 26.0 Å². The highest BCUT2D eigenvalue weighted by Gasteiger charge is 2.03. The van der Waals surface area contributed by atoms with Gasteiger partial charge in [0.25, 0.3) is 0 Å². The summed E-state index contributed by atoms with van der Waals surface area (Å²) in [5.41, 5.74) is 1.86. The molecular formula is C19H33N5O. The van der Waals surface area contributed by atoms with E-state index in [1.54, 1.807) is 0 Å². The predicted molar refractivity (Wildman–Crippen MR) is 106 cm³/mol. The van der Waals surface area contributed by atoms with Gasteiger partial charge in [0.1, 0.15) is 0 Å². The molecule has 4 N–H and O–H groups in total. The fraction of sp³-hybridized carbons (Fsp3) is 0.579. The lowest BCUT2D eigenvalue weighted by atomic mass is 10.1. The Kier molecular flexibility index (Phi) is 9.43. The van der Waals surface area contributed by atoms with Crippen LogP contribution in [0, 0.1) is 5.92 Å². The van der Waals surface area contributed by atoms with Crippen LogP contribution < -0.4 is 21.3 Å². The summed E-state index contributed by atoms with van der Waals surface area (Å²) in [6.45, 7) is 12.7. The Morgan fingerprint density at radius 3 is 2.32 bits per heavy atom. The average molecular weight is 348 g/mol. The van der Waals surface area contributed by atoms with E-state index < -0.39 is 0 Å². The summed E-state index contributed by atoms with van der Waals surface area (Å²) in [4.78, 5) is 16.3. The van der Waals surface area contributed by atoms with E-state index in [4.69, 9.17) is 0 Å². The highest BCUT2D eigenvalue weighted by Crippen LogP contribution is 2.10. The molecule has 0 fully saturated rings. The SMILES string of the molecule is CCNC(=NCc1ccc(NC(=O)NC(C)C)cc1)NCCC(C)C. The maximum atomic E-state index is 11.7. The summed E-state index contributed by atoms with van der Waals surface area (Å²) in [6, 6.07) is 7.66. The fourth-order valence-corrected chi connectivity index (χ4v) is 2.11. The minimum absolute atomic E-state index is 0.112. The average Bonchev–Trinajstić information content (AvgIpc) is 2.52. The number of carbonyl (C=O) groups is 1. The predicted octanol–water partition coefficient (Wildman–Crippen LogP) is 3.32. The van der Waals surface area contributed by atoms with Crippen molar-refractivity contribution in [2.45, 2.75) is 53.6 Å². The molecule has 0 radical (unpaired) electrons. The van der Waals surface area contributed by atoms with Crippen molar-refractivity contribution >= 4 is 17.7 Å². The summed E-state index contributed by atoms with van der Waals surface area (Å²) >= 11 is 0. The third-order valence-corrected chi connectivity index (χ3v) is 3.41. The summed E-state index contributed by atoms with van der Waals surface area (Å²) in [7, 11) is 0. The van der Waals surface area contributed by atoms with Crippen molar-refractivity contribution in [3.05, 3.63) is 29.8 Å². The molecule has 0 spiro atoms. The van der Waals surface area contributed by atoms with Gasteiger partial charge in [0.2, 0.25) is 0 Å². The minimum atomic E-state index is -0.190. The monoisotopic (exact) mass is 347 g/mol. The molecule has 0 saturated heterocycles. The van der Waals surface area contributed by atoms with Crippen molar-refractivity contribution in [2.24, 2.45) is 10.9 Å². The van der Waals surface area contributed by atoms with Crippen LogP contribution in [0.3, 0.4) is 0 Å². The highest BCUT2D eigenvalue weighted by atomic mass is 16.2. The van der Waals surface area contributed by atoms with Gasteiger partial charge in [0.15, 0.2) is 5.96 Å². The van der Waals surface area contributed by atoms with E-state index in [0.717, 1.165) is 36.7 Å². The number of urea groups is 1. The number of anilines is 1. The topological polar surface area (TPSA) is 77.5 Å². The zero-order chi connectivity index (χ0) is 18.7. The van der Waals surface area contributed by atoms with E-state index in [2.05, 4.69) is 47.0 Å². The summed E-state index contributed by atoms with van der Waals surface area (Å²) in [5, 5.41) is 12.2. The number of amides is 2. The molecule has 0 saturated carbocycles. The van der Waals surface area contributed by atoms with Crippen LogP contribution in [0.15, 0.2) is 29.3 Å². The smallest absolute Gasteiger partial charge is 0.319 e. The largest absolute Gasteiger partial charge is 0.357 e. The quantitative estimate of drug-likeness (QED) is 0.430. The van der Waals surface area contributed by atoms with Gasteiger partial charge in [-0.2, -0.15) is 0 Å². The Labute approximate surface area is 151 Å². The van der Waals surface area contributed by atoms with Gasteiger partial charge in [-0.15, -0.1) is 0 Å². The third-order valence-electron chi connectivity index (χ3n) is 3.41. The first-order valence-corrected chi connectivity index (χ1v) is 9.09. The van der Waals surface area contributed by atoms with Crippen LogP contribution in [0.5, 0.6) is 0 Å². The van der Waals surface area contributed by atoms with Gasteiger partial charge in [-0.3, -0.25) is 0 Å². The molecule has 0 atom stereocenters. The van der Waals surface area contributed by atoms with Crippen LogP contribution in [0.4, 0.5) is 10.5 Å². The Balaban J connectivity index is 2.55. The molecule has 2 amide bonds. The lowest BCUT2D eigenvalue weighted by molar-refractivity contribution is 0.250. The van der Waals surface area contributed by atoms with Crippen LogP contribution in [0.2, 0.25) is 0 Å². The summed E-state index contributed by atoms with van der Waals surface area (Å²) < 4.78 is 0. The van der Waals surface area contributed by atoms with Crippen LogP contribution in [0.1, 0.15) is 46.6 Å². The lowest BCUT2D eigenvalue weighted by Gasteiger charge is -2.12. The molecule has 1 aromatic rings. The molecule has 0 unspecified atom stereocenters. The Bertz CT molecular complexity index is 537. The molecule has 6 heteroatoms. The molecule has 0 heterocycles. The van der Waals surface area contributed by atoms with Crippen LogP contribution in [-0.2, 0) is 6.54 Å². The number of rotatable bonds is 8. The second-order valence-corrected chi connectivity index (χ2v) is 6.75. The zero-order valence-corrected chi connectivity index (χ0v) is 16.1. The maximum absolute atomic E-state index is 11.7. The zero-order valence-electron chi connectivity index (χ0n) is 16.1. The second-order valence-electron chi connectivity index (χ2n) is 6.75. The lowest BCUT2D eigenvalue weighted by Crippen LogP contribution is -2.38. The number of aliphatic imine (C=N–C) groups is 1.